The summed E-state index contributed by atoms with van der Waals surface area (Å²) in [5, 5.41) is 14.1. The summed E-state index contributed by atoms with van der Waals surface area (Å²) in [4.78, 5) is 12.2. The van der Waals surface area contributed by atoms with Crippen molar-refractivity contribution in [1.29, 1.82) is 0 Å². The first-order valence-corrected chi connectivity index (χ1v) is 13.5. The first-order valence-electron chi connectivity index (χ1n) is 13.1. The second-order valence-electron chi connectivity index (χ2n) is 9.61. The molecule has 0 radical (unpaired) electrons. The van der Waals surface area contributed by atoms with Crippen molar-refractivity contribution < 1.29 is 19.4 Å². The molecule has 1 aliphatic rings. The summed E-state index contributed by atoms with van der Waals surface area (Å²) in [7, 11) is 1.65. The number of amides is 1. The van der Waals surface area contributed by atoms with Crippen LogP contribution in [-0.4, -0.2) is 36.9 Å². The standard InChI is InChI=1S/C31H36ClNO4/c1-3-36-26-14-11-21(12-15-26)17-24-18-23(13-16-29(24)32)30-20-25(34)19-27(37-30)9-6-8-22-7-4-5-10-28(22)31(35)33-2/h4-5,7,10-16,18,25,27,30,34H,3,6,8-9,17,19-20H2,1-2H3,(H,33,35). The Morgan fingerprint density at radius 2 is 1.86 bits per heavy atom. The number of aryl methyl sites for hydroxylation is 1. The third kappa shape index (κ3) is 7.35. The summed E-state index contributed by atoms with van der Waals surface area (Å²) in [6, 6.07) is 21.8. The number of rotatable bonds is 10. The van der Waals surface area contributed by atoms with Gasteiger partial charge in [-0.2, -0.15) is 0 Å². The monoisotopic (exact) mass is 521 g/mol. The summed E-state index contributed by atoms with van der Waals surface area (Å²) in [6.45, 7) is 2.62. The summed E-state index contributed by atoms with van der Waals surface area (Å²) in [5.41, 5.74) is 4.98. The number of nitrogens with one attached hydrogen (secondary N) is 1. The van der Waals surface area contributed by atoms with Crippen LogP contribution in [0.25, 0.3) is 0 Å². The molecular weight excluding hydrogens is 486 g/mol. The first-order chi connectivity index (χ1) is 18.0. The van der Waals surface area contributed by atoms with Crippen LogP contribution in [0.15, 0.2) is 66.7 Å². The zero-order valence-electron chi connectivity index (χ0n) is 21.6. The van der Waals surface area contributed by atoms with E-state index in [9.17, 15) is 9.90 Å². The van der Waals surface area contributed by atoms with Crippen molar-refractivity contribution in [3.63, 3.8) is 0 Å². The Labute approximate surface area is 224 Å². The highest BCUT2D eigenvalue weighted by atomic mass is 35.5. The Bertz CT molecular complexity index is 1180. The average molecular weight is 522 g/mol. The molecule has 1 amide bonds. The van der Waals surface area contributed by atoms with Crippen molar-refractivity contribution in [1.82, 2.24) is 5.32 Å². The van der Waals surface area contributed by atoms with Crippen LogP contribution in [-0.2, 0) is 17.6 Å². The van der Waals surface area contributed by atoms with E-state index in [4.69, 9.17) is 21.1 Å². The van der Waals surface area contributed by atoms with Crippen LogP contribution < -0.4 is 10.1 Å². The SMILES string of the molecule is CCOc1ccc(Cc2cc(C3CC(O)CC(CCCc4ccccc4C(=O)NC)O3)ccc2Cl)cc1. The van der Waals surface area contributed by atoms with Crippen LogP contribution in [0.2, 0.25) is 5.02 Å². The predicted octanol–water partition coefficient (Wildman–Crippen LogP) is 6.29. The number of hydrogen-bond acceptors (Lipinski definition) is 4. The molecule has 3 unspecified atom stereocenters. The minimum atomic E-state index is -0.410. The van der Waals surface area contributed by atoms with Crippen molar-refractivity contribution in [3.05, 3.63) is 99.6 Å². The Kier molecular flexibility index (Phi) is 9.62. The number of aliphatic hydroxyl groups excluding tert-OH is 1. The smallest absolute Gasteiger partial charge is 0.251 e. The first kappa shape index (κ1) is 27.2. The largest absolute Gasteiger partial charge is 0.494 e. The minimum absolute atomic E-state index is 0.0360. The maximum absolute atomic E-state index is 12.2. The van der Waals surface area contributed by atoms with Gasteiger partial charge in [-0.05, 0) is 85.5 Å². The fourth-order valence-electron chi connectivity index (χ4n) is 5.03. The molecule has 3 aromatic carbocycles. The predicted molar refractivity (Wildman–Crippen MR) is 147 cm³/mol. The third-order valence-electron chi connectivity index (χ3n) is 6.91. The van der Waals surface area contributed by atoms with Crippen molar-refractivity contribution in [3.8, 4) is 5.75 Å². The molecule has 2 N–H and O–H groups in total. The topological polar surface area (TPSA) is 67.8 Å². The van der Waals surface area contributed by atoms with Gasteiger partial charge in [0.25, 0.3) is 5.91 Å². The van der Waals surface area contributed by atoms with Gasteiger partial charge in [0.1, 0.15) is 5.75 Å². The highest BCUT2D eigenvalue weighted by Crippen LogP contribution is 2.35. The molecule has 0 bridgehead atoms. The summed E-state index contributed by atoms with van der Waals surface area (Å²) >= 11 is 6.55. The molecule has 196 valence electrons. The molecule has 1 fully saturated rings. The Morgan fingerprint density at radius 1 is 1.08 bits per heavy atom. The second kappa shape index (κ2) is 13.1. The van der Waals surface area contributed by atoms with Gasteiger partial charge in [0.15, 0.2) is 0 Å². The summed E-state index contributed by atoms with van der Waals surface area (Å²) in [5.74, 6) is 0.794. The molecule has 1 saturated heterocycles. The van der Waals surface area contributed by atoms with Crippen molar-refractivity contribution in [2.45, 2.75) is 63.8 Å². The third-order valence-corrected chi connectivity index (χ3v) is 7.28. The van der Waals surface area contributed by atoms with Gasteiger partial charge in [0.05, 0.1) is 24.9 Å². The van der Waals surface area contributed by atoms with E-state index in [1.165, 1.54) is 0 Å². The maximum atomic E-state index is 12.2. The molecule has 1 aliphatic heterocycles. The van der Waals surface area contributed by atoms with Crippen LogP contribution in [0.4, 0.5) is 0 Å². The highest BCUT2D eigenvalue weighted by molar-refractivity contribution is 6.31. The van der Waals surface area contributed by atoms with Gasteiger partial charge >= 0.3 is 0 Å². The molecule has 1 heterocycles. The molecule has 37 heavy (non-hydrogen) atoms. The number of carbonyl (C=O) groups excluding carboxylic acids is 1. The normalized spacial score (nSPS) is 19.4. The Morgan fingerprint density at radius 3 is 2.62 bits per heavy atom. The van der Waals surface area contributed by atoms with Crippen molar-refractivity contribution in [2.75, 3.05) is 13.7 Å². The fourth-order valence-corrected chi connectivity index (χ4v) is 5.21. The van der Waals surface area contributed by atoms with Gasteiger partial charge in [-0.3, -0.25) is 4.79 Å². The fraction of sp³-hybridized carbons (Fsp3) is 0.387. The van der Waals surface area contributed by atoms with Gasteiger partial charge in [-0.25, -0.2) is 0 Å². The minimum Gasteiger partial charge on any atom is -0.494 e. The lowest BCUT2D eigenvalue weighted by Gasteiger charge is -2.34. The lowest BCUT2D eigenvalue weighted by molar-refractivity contribution is -0.100. The zero-order chi connectivity index (χ0) is 26.2. The van der Waals surface area contributed by atoms with E-state index in [-0.39, 0.29) is 18.1 Å². The number of ether oxygens (including phenoxy) is 2. The van der Waals surface area contributed by atoms with E-state index in [1.54, 1.807) is 7.05 Å². The van der Waals surface area contributed by atoms with Gasteiger partial charge in [0, 0.05) is 24.1 Å². The molecule has 0 aromatic heterocycles. The van der Waals surface area contributed by atoms with Crippen LogP contribution in [0.1, 0.15) is 71.3 Å². The summed E-state index contributed by atoms with van der Waals surface area (Å²) in [6.07, 6.45) is 3.77. The quantitative estimate of drug-likeness (QED) is 0.329. The van der Waals surface area contributed by atoms with E-state index >= 15 is 0 Å². The van der Waals surface area contributed by atoms with Gasteiger partial charge in [-0.1, -0.05) is 54.1 Å². The van der Waals surface area contributed by atoms with E-state index in [0.717, 1.165) is 52.3 Å². The molecule has 0 aliphatic carbocycles. The highest BCUT2D eigenvalue weighted by Gasteiger charge is 2.29. The van der Waals surface area contributed by atoms with E-state index in [0.29, 0.717) is 31.4 Å². The molecule has 6 heteroatoms. The molecule has 5 nitrogen and oxygen atoms in total. The molecule has 4 rings (SSSR count). The van der Waals surface area contributed by atoms with E-state index in [1.807, 2.05) is 55.5 Å². The molecular formula is C31H36ClNO4. The number of hydrogen-bond donors (Lipinski definition) is 2. The number of benzene rings is 3. The summed E-state index contributed by atoms with van der Waals surface area (Å²) < 4.78 is 12.0. The second-order valence-corrected chi connectivity index (χ2v) is 10.0. The Balaban J connectivity index is 1.39. The number of carbonyl (C=O) groups is 1. The average Bonchev–Trinajstić information content (AvgIpc) is 2.91. The lowest BCUT2D eigenvalue weighted by atomic mass is 9.92. The number of aliphatic hydroxyl groups is 1. The number of halogens is 1. The molecule has 0 saturated carbocycles. The van der Waals surface area contributed by atoms with Gasteiger partial charge in [-0.15, -0.1) is 0 Å². The molecule has 3 aromatic rings. The molecule has 0 spiro atoms. The van der Waals surface area contributed by atoms with Crippen LogP contribution in [0.3, 0.4) is 0 Å². The van der Waals surface area contributed by atoms with Crippen LogP contribution >= 0.6 is 11.6 Å². The zero-order valence-corrected chi connectivity index (χ0v) is 22.3. The van der Waals surface area contributed by atoms with Gasteiger partial charge < -0.3 is 19.9 Å². The van der Waals surface area contributed by atoms with Gasteiger partial charge in [0.2, 0.25) is 0 Å². The molecule has 3 atom stereocenters. The lowest BCUT2D eigenvalue weighted by Crippen LogP contribution is -2.31. The van der Waals surface area contributed by atoms with E-state index < -0.39 is 6.10 Å². The maximum Gasteiger partial charge on any atom is 0.251 e. The van der Waals surface area contributed by atoms with Crippen molar-refractivity contribution in [2.24, 2.45) is 0 Å². The van der Waals surface area contributed by atoms with E-state index in [2.05, 4.69) is 23.5 Å². The van der Waals surface area contributed by atoms with Crippen LogP contribution in [0, 0.1) is 0 Å². The van der Waals surface area contributed by atoms with Crippen LogP contribution in [0.5, 0.6) is 5.75 Å². The Hall–Kier alpha value is -2.86. The van der Waals surface area contributed by atoms with Crippen molar-refractivity contribution >= 4 is 17.5 Å².